The maximum atomic E-state index is 12.7. The van der Waals surface area contributed by atoms with Crippen LogP contribution in [0.1, 0.15) is 28.9 Å². The quantitative estimate of drug-likeness (QED) is 0.375. The number of carbonyl (C=O) groups excluding carboxylic acids is 1. The molecule has 0 saturated carbocycles. The van der Waals surface area contributed by atoms with Gasteiger partial charge in [0.05, 0.1) is 11.3 Å². The molecule has 1 atom stereocenters. The number of ether oxygens (including phenoxy) is 1. The van der Waals surface area contributed by atoms with Gasteiger partial charge in [0.15, 0.2) is 0 Å². The van der Waals surface area contributed by atoms with Gasteiger partial charge in [-0.3, -0.25) is 4.79 Å². The molecule has 2 aromatic carbocycles. The molecule has 1 aliphatic heterocycles. The molecule has 1 aliphatic rings. The highest BCUT2D eigenvalue weighted by molar-refractivity contribution is 8.00. The zero-order valence-electron chi connectivity index (χ0n) is 19.8. The van der Waals surface area contributed by atoms with Gasteiger partial charge in [0.2, 0.25) is 0 Å². The summed E-state index contributed by atoms with van der Waals surface area (Å²) in [5, 5.41) is 9.52. The van der Waals surface area contributed by atoms with E-state index in [4.69, 9.17) is 9.84 Å². The van der Waals surface area contributed by atoms with Gasteiger partial charge < -0.3 is 19.7 Å². The Bertz CT molecular complexity index is 1540. The van der Waals surface area contributed by atoms with Gasteiger partial charge in [-0.25, -0.2) is 14.0 Å². The Balaban J connectivity index is 1.29. The van der Waals surface area contributed by atoms with Crippen LogP contribution in [0.25, 0.3) is 22.2 Å². The van der Waals surface area contributed by atoms with Crippen molar-refractivity contribution in [3.8, 4) is 28.7 Å². The first-order valence-corrected chi connectivity index (χ1v) is 12.9. The molecule has 0 spiro atoms. The van der Waals surface area contributed by atoms with Crippen LogP contribution >= 0.6 is 0 Å². The zero-order chi connectivity index (χ0) is 25.8. The van der Waals surface area contributed by atoms with Crippen LogP contribution < -0.4 is 4.74 Å². The molecule has 1 saturated heterocycles. The van der Waals surface area contributed by atoms with Gasteiger partial charge in [-0.15, -0.1) is 0 Å². The van der Waals surface area contributed by atoms with Crippen LogP contribution in [0.2, 0.25) is 0 Å². The first kappa shape index (κ1) is 24.3. The van der Waals surface area contributed by atoms with E-state index in [9.17, 15) is 13.8 Å². The predicted octanol–water partition coefficient (Wildman–Crippen LogP) is 4.68. The van der Waals surface area contributed by atoms with Crippen LogP contribution in [-0.4, -0.2) is 55.1 Å². The summed E-state index contributed by atoms with van der Waals surface area (Å²) in [7, 11) is -1.72. The van der Waals surface area contributed by atoms with Gasteiger partial charge in [-0.2, -0.15) is 0 Å². The molecule has 9 heteroatoms. The molecular weight excluding hydrogens is 490 g/mol. The molecule has 2 aromatic heterocycles. The molecule has 5 rings (SSSR count). The number of rotatable bonds is 5. The Labute approximate surface area is 215 Å². The van der Waals surface area contributed by atoms with E-state index in [1.165, 1.54) is 12.1 Å². The number of nitrogens with one attached hydrogen (secondary N) is 1. The molecule has 2 N–H and O–H groups in total. The van der Waals surface area contributed by atoms with E-state index in [1.807, 2.05) is 24.3 Å². The average Bonchev–Trinajstić information content (AvgIpc) is 3.61. The Morgan fingerprint density at radius 2 is 1.78 bits per heavy atom. The van der Waals surface area contributed by atoms with Crippen molar-refractivity contribution >= 4 is 33.0 Å². The van der Waals surface area contributed by atoms with Crippen molar-refractivity contribution in [2.45, 2.75) is 17.7 Å². The smallest absolute Gasteiger partial charge is 0.335 e. The summed E-state index contributed by atoms with van der Waals surface area (Å²) >= 11 is 0. The summed E-state index contributed by atoms with van der Waals surface area (Å²) in [4.78, 5) is 33.2. The summed E-state index contributed by atoms with van der Waals surface area (Å²) in [6.07, 6.45) is 3.62. The van der Waals surface area contributed by atoms with Crippen LogP contribution in [0.5, 0.6) is 5.75 Å². The van der Waals surface area contributed by atoms with Crippen LogP contribution in [0.15, 0.2) is 71.8 Å². The minimum Gasteiger partial charge on any atom is -0.481 e. The number of likely N-dealkylation sites (tertiary alicyclic amines) is 1. The van der Waals surface area contributed by atoms with Crippen molar-refractivity contribution in [3.63, 3.8) is 0 Å². The number of benzene rings is 2. The molecule has 0 aliphatic carbocycles. The van der Waals surface area contributed by atoms with E-state index in [2.05, 4.69) is 21.8 Å². The second kappa shape index (κ2) is 10.7. The maximum Gasteiger partial charge on any atom is 0.335 e. The van der Waals surface area contributed by atoms with E-state index in [0.717, 1.165) is 29.4 Å². The number of amides is 1. The Kier molecular flexibility index (Phi) is 7.01. The highest BCUT2D eigenvalue weighted by atomic mass is 32.2. The lowest BCUT2D eigenvalue weighted by Gasteiger charge is -2.14. The fourth-order valence-electron chi connectivity index (χ4n) is 4.17. The maximum absolute atomic E-state index is 12.7. The largest absolute Gasteiger partial charge is 0.481 e. The van der Waals surface area contributed by atoms with Crippen LogP contribution in [-0.2, 0) is 10.8 Å². The third kappa shape index (κ3) is 5.39. The molecule has 186 valence electrons. The van der Waals surface area contributed by atoms with Crippen molar-refractivity contribution in [3.05, 3.63) is 78.1 Å². The SMILES string of the molecule is O=C(O)c1ccc(OCC#Cc2cc3c(-c4ccc(S(=O)C(=O)N5CCCC5)cc4)ccnc3[nH]2)cc1. The molecule has 0 radical (unpaired) electrons. The first-order chi connectivity index (χ1) is 18.0. The van der Waals surface area contributed by atoms with Gasteiger partial charge in [0, 0.05) is 29.6 Å². The van der Waals surface area contributed by atoms with Gasteiger partial charge in [-0.1, -0.05) is 18.1 Å². The lowest BCUT2D eigenvalue weighted by Crippen LogP contribution is -2.29. The summed E-state index contributed by atoms with van der Waals surface area (Å²) < 4.78 is 18.3. The molecular formula is C28H23N3O5S. The molecule has 1 amide bonds. The number of carboxylic acids is 1. The van der Waals surface area contributed by atoms with E-state index >= 15 is 0 Å². The fourth-order valence-corrected chi connectivity index (χ4v) is 5.17. The minimum absolute atomic E-state index is 0.136. The van der Waals surface area contributed by atoms with E-state index in [-0.39, 0.29) is 17.4 Å². The van der Waals surface area contributed by atoms with Gasteiger partial charge in [-0.05, 0) is 78.4 Å². The summed E-state index contributed by atoms with van der Waals surface area (Å²) in [5.41, 5.74) is 3.40. The molecule has 0 bridgehead atoms. The molecule has 3 heterocycles. The van der Waals surface area contributed by atoms with Crippen LogP contribution in [0, 0.1) is 11.8 Å². The lowest BCUT2D eigenvalue weighted by molar-refractivity contribution is 0.0697. The minimum atomic E-state index is -1.72. The number of aromatic nitrogens is 2. The molecule has 1 unspecified atom stereocenters. The van der Waals surface area contributed by atoms with E-state index < -0.39 is 16.8 Å². The molecule has 4 aromatic rings. The van der Waals surface area contributed by atoms with Gasteiger partial charge >= 0.3 is 11.2 Å². The number of hydrogen-bond donors (Lipinski definition) is 2. The highest BCUT2D eigenvalue weighted by Crippen LogP contribution is 2.29. The average molecular weight is 514 g/mol. The second-order valence-corrected chi connectivity index (χ2v) is 9.84. The number of aromatic amines is 1. The van der Waals surface area contributed by atoms with Crippen molar-refractivity contribution in [1.82, 2.24) is 14.9 Å². The van der Waals surface area contributed by atoms with Crippen molar-refractivity contribution in [2.75, 3.05) is 19.7 Å². The van der Waals surface area contributed by atoms with Crippen LogP contribution in [0.4, 0.5) is 4.79 Å². The third-order valence-electron chi connectivity index (χ3n) is 6.07. The second-order valence-electron chi connectivity index (χ2n) is 8.48. The van der Waals surface area contributed by atoms with E-state index in [1.54, 1.807) is 35.4 Å². The topological polar surface area (TPSA) is 113 Å². The number of H-pyrrole nitrogens is 1. The van der Waals surface area contributed by atoms with Crippen molar-refractivity contribution in [2.24, 2.45) is 0 Å². The van der Waals surface area contributed by atoms with Crippen molar-refractivity contribution < 1.29 is 23.6 Å². The zero-order valence-corrected chi connectivity index (χ0v) is 20.6. The third-order valence-corrected chi connectivity index (χ3v) is 7.35. The lowest BCUT2D eigenvalue weighted by atomic mass is 10.0. The molecule has 1 fully saturated rings. The monoisotopic (exact) mass is 513 g/mol. The number of hydrogen-bond acceptors (Lipinski definition) is 5. The number of carbonyl (C=O) groups is 2. The highest BCUT2D eigenvalue weighted by Gasteiger charge is 2.24. The Morgan fingerprint density at radius 3 is 2.49 bits per heavy atom. The van der Waals surface area contributed by atoms with Crippen LogP contribution in [0.3, 0.4) is 0 Å². The summed E-state index contributed by atoms with van der Waals surface area (Å²) in [5.74, 6) is 5.52. The molecule has 37 heavy (non-hydrogen) atoms. The van der Waals surface area contributed by atoms with Gasteiger partial charge in [0.1, 0.15) is 28.8 Å². The standard InChI is InChI=1S/C28H23N3O5S/c32-27(33)20-5-9-22(10-6-20)36-17-3-4-21-18-25-24(13-14-29-26(25)30-21)19-7-11-23(12-8-19)37(35)28(34)31-15-1-2-16-31/h5-14,18H,1-2,15-17H2,(H,29,30)(H,32,33). The first-order valence-electron chi connectivity index (χ1n) is 11.7. The number of fused-ring (bicyclic) bond motifs is 1. The number of nitrogens with zero attached hydrogens (tertiary/aromatic N) is 2. The summed E-state index contributed by atoms with van der Waals surface area (Å²) in [6.45, 7) is 1.47. The number of carboxylic acid groups (broad SMARTS) is 1. The number of aromatic carboxylic acids is 1. The molecule has 8 nitrogen and oxygen atoms in total. The fraction of sp³-hybridized carbons (Fsp3) is 0.179. The Morgan fingerprint density at radius 1 is 1.05 bits per heavy atom. The summed E-state index contributed by atoms with van der Waals surface area (Å²) in [6, 6.07) is 17.1. The Hall–Kier alpha value is -4.42. The normalized spacial score (nSPS) is 13.7. The van der Waals surface area contributed by atoms with E-state index in [0.29, 0.717) is 35.1 Å². The van der Waals surface area contributed by atoms with Crippen molar-refractivity contribution in [1.29, 1.82) is 0 Å². The van der Waals surface area contributed by atoms with Gasteiger partial charge in [0.25, 0.3) is 0 Å². The number of pyridine rings is 1. The predicted molar refractivity (Wildman–Crippen MR) is 140 cm³/mol.